The molecule has 7 nitrogen and oxygen atoms in total. The monoisotopic (exact) mass is 495 g/mol. The second-order valence-corrected chi connectivity index (χ2v) is 11.0. The second kappa shape index (κ2) is 10.2. The van der Waals surface area contributed by atoms with Crippen molar-refractivity contribution in [2.24, 2.45) is 0 Å². The van der Waals surface area contributed by atoms with Crippen LogP contribution in [0.2, 0.25) is 0 Å². The summed E-state index contributed by atoms with van der Waals surface area (Å²) in [4.78, 5) is 17.1. The number of aromatic nitrogens is 3. The summed E-state index contributed by atoms with van der Waals surface area (Å²) in [5.41, 5.74) is 3.93. The summed E-state index contributed by atoms with van der Waals surface area (Å²) >= 11 is 3.25. The fraction of sp³-hybridized carbons (Fsp3) is 0.320. The molecule has 0 bridgehead atoms. The smallest absolute Gasteiger partial charge is 0.251 e. The zero-order chi connectivity index (χ0) is 24.3. The van der Waals surface area contributed by atoms with Crippen LogP contribution in [0.1, 0.15) is 43.1 Å². The number of nitrogens with zero attached hydrogens (tertiary/aromatic N) is 3. The highest BCUT2D eigenvalue weighted by atomic mass is 32.2. The average molecular weight is 496 g/mol. The van der Waals surface area contributed by atoms with Gasteiger partial charge in [-0.1, -0.05) is 30.8 Å². The number of hydrogen-bond donors (Lipinski definition) is 3. The molecule has 3 heterocycles. The van der Waals surface area contributed by atoms with E-state index in [4.69, 9.17) is 5.10 Å². The van der Waals surface area contributed by atoms with Crippen LogP contribution in [0.15, 0.2) is 57.2 Å². The maximum Gasteiger partial charge on any atom is 0.251 e. The van der Waals surface area contributed by atoms with Crippen molar-refractivity contribution in [1.29, 1.82) is 0 Å². The van der Waals surface area contributed by atoms with Crippen LogP contribution in [0.4, 0.5) is 5.69 Å². The third kappa shape index (κ3) is 5.60. The van der Waals surface area contributed by atoms with Gasteiger partial charge in [-0.3, -0.25) is 4.79 Å². The van der Waals surface area contributed by atoms with Crippen LogP contribution < -0.4 is 10.6 Å². The number of aliphatic hydroxyl groups is 1. The number of imidazole rings is 1. The van der Waals surface area contributed by atoms with E-state index in [1.807, 2.05) is 54.1 Å². The van der Waals surface area contributed by atoms with Crippen molar-refractivity contribution in [1.82, 2.24) is 19.9 Å². The van der Waals surface area contributed by atoms with Crippen LogP contribution in [0.25, 0.3) is 16.9 Å². The first kappa shape index (κ1) is 24.3. The van der Waals surface area contributed by atoms with Gasteiger partial charge in [-0.05, 0) is 62.4 Å². The molecule has 1 amide bonds. The fourth-order valence-electron chi connectivity index (χ4n) is 3.47. The van der Waals surface area contributed by atoms with E-state index in [2.05, 4.69) is 21.7 Å². The number of benzene rings is 1. The molecule has 0 aliphatic carbocycles. The number of hydrogen-bond acceptors (Lipinski definition) is 7. The Morgan fingerprint density at radius 2 is 2.09 bits per heavy atom. The minimum atomic E-state index is -0.873. The molecule has 0 atom stereocenters. The van der Waals surface area contributed by atoms with Gasteiger partial charge in [-0.15, -0.1) is 11.3 Å². The topological polar surface area (TPSA) is 91.5 Å². The zero-order valence-electron chi connectivity index (χ0n) is 19.8. The number of thiophene rings is 1. The number of aryl methyl sites for hydroxylation is 1. The lowest BCUT2D eigenvalue weighted by Gasteiger charge is -2.19. The predicted molar refractivity (Wildman–Crippen MR) is 139 cm³/mol. The molecule has 3 aromatic heterocycles. The van der Waals surface area contributed by atoms with Crippen molar-refractivity contribution >= 4 is 40.3 Å². The van der Waals surface area contributed by atoms with Crippen LogP contribution in [0, 0.1) is 6.92 Å². The summed E-state index contributed by atoms with van der Waals surface area (Å²) < 4.78 is 2.97. The summed E-state index contributed by atoms with van der Waals surface area (Å²) in [6.07, 6.45) is 2.69. The zero-order valence-corrected chi connectivity index (χ0v) is 21.4. The van der Waals surface area contributed by atoms with E-state index >= 15 is 0 Å². The van der Waals surface area contributed by atoms with Crippen LogP contribution >= 0.6 is 23.1 Å². The molecule has 34 heavy (non-hydrogen) atoms. The number of fused-ring (bicyclic) bond motifs is 1. The molecule has 4 aromatic rings. The Balaban J connectivity index is 1.74. The largest absolute Gasteiger partial charge is 0.389 e. The Morgan fingerprint density at radius 3 is 2.76 bits per heavy atom. The first-order valence-corrected chi connectivity index (χ1v) is 12.9. The average Bonchev–Trinajstić information content (AvgIpc) is 3.45. The van der Waals surface area contributed by atoms with Gasteiger partial charge in [-0.2, -0.15) is 5.10 Å². The molecule has 0 unspecified atom stereocenters. The lowest BCUT2D eigenvalue weighted by Crippen LogP contribution is -2.29. The molecule has 0 aliphatic rings. The van der Waals surface area contributed by atoms with Gasteiger partial charge in [0.1, 0.15) is 5.03 Å². The van der Waals surface area contributed by atoms with Gasteiger partial charge in [-0.25, -0.2) is 9.50 Å². The molecule has 178 valence electrons. The maximum absolute atomic E-state index is 12.5. The van der Waals surface area contributed by atoms with E-state index in [1.165, 1.54) is 0 Å². The highest BCUT2D eigenvalue weighted by Crippen LogP contribution is 2.34. The van der Waals surface area contributed by atoms with Crippen molar-refractivity contribution in [3.05, 3.63) is 59.1 Å². The second-order valence-electron chi connectivity index (χ2n) is 8.76. The van der Waals surface area contributed by atoms with Crippen molar-refractivity contribution < 1.29 is 9.90 Å². The van der Waals surface area contributed by atoms with Crippen LogP contribution in [-0.2, 0) is 0 Å². The Kier molecular flexibility index (Phi) is 7.25. The minimum Gasteiger partial charge on any atom is -0.389 e. The number of anilines is 1. The summed E-state index contributed by atoms with van der Waals surface area (Å²) in [5, 5.41) is 24.2. The number of nitrogens with one attached hydrogen (secondary N) is 2. The standard InChI is InChI=1S/C25H29N5O2S2/c1-5-10-26-24(31)18-9-8-17(12-16(18)2)20-14-27-23-19(28-15-25(3,4)32)13-21(29-30(20)23)34-22-7-6-11-33-22/h6-9,11-14,28,32H,5,10,15H2,1-4H3,(H,26,31). The molecule has 0 spiro atoms. The number of rotatable bonds is 9. The molecule has 0 saturated heterocycles. The Hall–Kier alpha value is -2.88. The van der Waals surface area contributed by atoms with E-state index in [9.17, 15) is 9.90 Å². The van der Waals surface area contributed by atoms with E-state index < -0.39 is 5.60 Å². The molecule has 3 N–H and O–H groups in total. The highest BCUT2D eigenvalue weighted by molar-refractivity contribution is 8.01. The van der Waals surface area contributed by atoms with E-state index in [-0.39, 0.29) is 5.91 Å². The summed E-state index contributed by atoms with van der Waals surface area (Å²) in [5.74, 6) is -0.0603. The maximum atomic E-state index is 12.5. The summed E-state index contributed by atoms with van der Waals surface area (Å²) in [6, 6.07) is 11.8. The Morgan fingerprint density at radius 1 is 1.26 bits per heavy atom. The SMILES string of the molecule is CCCNC(=O)c1ccc(-c2cnc3c(NCC(C)(C)O)cc(Sc4cccs4)nn23)cc1C. The Bertz CT molecular complexity index is 1290. The van der Waals surface area contributed by atoms with E-state index in [0.717, 1.165) is 38.2 Å². The third-order valence-corrected chi connectivity index (χ3v) is 7.11. The number of carbonyl (C=O) groups is 1. The molecule has 0 radical (unpaired) electrons. The lowest BCUT2D eigenvalue weighted by molar-refractivity contribution is 0.0941. The van der Waals surface area contributed by atoms with Crippen LogP contribution in [-0.4, -0.2) is 44.3 Å². The normalized spacial score (nSPS) is 11.7. The van der Waals surface area contributed by atoms with Gasteiger partial charge in [0.2, 0.25) is 0 Å². The van der Waals surface area contributed by atoms with Gasteiger partial charge in [0.05, 0.1) is 27.4 Å². The van der Waals surface area contributed by atoms with E-state index in [0.29, 0.717) is 24.3 Å². The van der Waals surface area contributed by atoms with Gasteiger partial charge in [0, 0.05) is 24.2 Å². The van der Waals surface area contributed by atoms with Crippen molar-refractivity contribution in [3.8, 4) is 11.3 Å². The minimum absolute atomic E-state index is 0.0603. The van der Waals surface area contributed by atoms with Crippen LogP contribution in [0.5, 0.6) is 0 Å². The molecular weight excluding hydrogens is 466 g/mol. The molecule has 0 fully saturated rings. The molecule has 4 rings (SSSR count). The summed E-state index contributed by atoms with van der Waals surface area (Å²) in [6.45, 7) is 8.52. The lowest BCUT2D eigenvalue weighted by atomic mass is 10.0. The summed E-state index contributed by atoms with van der Waals surface area (Å²) in [7, 11) is 0. The van der Waals surface area contributed by atoms with Gasteiger partial charge >= 0.3 is 0 Å². The molecule has 0 saturated carbocycles. The first-order chi connectivity index (χ1) is 16.2. The van der Waals surface area contributed by atoms with Crippen molar-refractivity contribution in [3.63, 3.8) is 0 Å². The quantitative estimate of drug-likeness (QED) is 0.294. The van der Waals surface area contributed by atoms with Gasteiger partial charge < -0.3 is 15.7 Å². The van der Waals surface area contributed by atoms with Gasteiger partial charge in [0.15, 0.2) is 5.65 Å². The molecular formula is C25H29N5O2S2. The third-order valence-electron chi connectivity index (χ3n) is 5.16. The van der Waals surface area contributed by atoms with Crippen LogP contribution in [0.3, 0.4) is 0 Å². The molecule has 1 aromatic carbocycles. The molecule has 0 aliphatic heterocycles. The highest BCUT2D eigenvalue weighted by Gasteiger charge is 2.18. The molecule has 9 heteroatoms. The Labute approximate surface area is 207 Å². The van der Waals surface area contributed by atoms with E-state index in [1.54, 1.807) is 43.1 Å². The first-order valence-electron chi connectivity index (χ1n) is 11.2. The van der Waals surface area contributed by atoms with Crippen molar-refractivity contribution in [2.75, 3.05) is 18.4 Å². The number of carbonyl (C=O) groups excluding carboxylic acids is 1. The number of amides is 1. The van der Waals surface area contributed by atoms with Gasteiger partial charge in [0.25, 0.3) is 5.91 Å². The fourth-order valence-corrected chi connectivity index (χ4v) is 5.19. The predicted octanol–water partition coefficient (Wildman–Crippen LogP) is 5.24. The van der Waals surface area contributed by atoms with Crippen molar-refractivity contribution in [2.45, 2.75) is 49.0 Å².